The van der Waals surface area contributed by atoms with Crippen molar-refractivity contribution in [3.63, 3.8) is 0 Å². The van der Waals surface area contributed by atoms with E-state index in [0.717, 1.165) is 10.9 Å². The fourth-order valence-corrected chi connectivity index (χ4v) is 4.32. The van der Waals surface area contributed by atoms with Crippen LogP contribution in [0.1, 0.15) is 12.5 Å². The molecule has 0 amide bonds. The number of aryl methyl sites for hydroxylation is 1. The van der Waals surface area contributed by atoms with Crippen molar-refractivity contribution in [3.05, 3.63) is 64.2 Å². The van der Waals surface area contributed by atoms with Gasteiger partial charge in [-0.2, -0.15) is 0 Å². The molecule has 2 aromatic rings. The number of nitro groups is 1. The summed E-state index contributed by atoms with van der Waals surface area (Å²) in [4.78, 5) is 10.2. The highest BCUT2D eigenvalue weighted by atomic mass is 32.5. The minimum atomic E-state index is -2.69. The van der Waals surface area contributed by atoms with Gasteiger partial charge in [-0.3, -0.25) is 10.1 Å². The van der Waals surface area contributed by atoms with E-state index in [0.29, 0.717) is 12.4 Å². The summed E-state index contributed by atoms with van der Waals surface area (Å²) in [5.74, 6) is 0.461. The average molecular weight is 337 g/mol. The van der Waals surface area contributed by atoms with Gasteiger partial charge in [-0.25, -0.2) is 0 Å². The molecule has 0 aromatic heterocycles. The van der Waals surface area contributed by atoms with E-state index in [4.69, 9.17) is 20.9 Å². The molecular weight excluding hydrogens is 321 g/mol. The van der Waals surface area contributed by atoms with Gasteiger partial charge in [-0.05, 0) is 49.9 Å². The van der Waals surface area contributed by atoms with Gasteiger partial charge in [-0.15, -0.1) is 0 Å². The van der Waals surface area contributed by atoms with Crippen molar-refractivity contribution in [2.45, 2.75) is 13.8 Å². The molecule has 0 saturated carbocycles. The molecule has 2 aromatic carbocycles. The summed E-state index contributed by atoms with van der Waals surface area (Å²) in [5, 5.41) is 11.5. The van der Waals surface area contributed by atoms with Gasteiger partial charge in [0.2, 0.25) is 0 Å². The lowest BCUT2D eigenvalue weighted by molar-refractivity contribution is -0.384. The smallest absolute Gasteiger partial charge is 0.269 e. The van der Waals surface area contributed by atoms with Gasteiger partial charge in [0.05, 0.1) is 11.5 Å². The van der Waals surface area contributed by atoms with Crippen molar-refractivity contribution in [2.75, 3.05) is 6.61 Å². The number of nitrogens with zero attached hydrogens (tertiary/aromatic N) is 1. The maximum absolute atomic E-state index is 10.7. The van der Waals surface area contributed by atoms with E-state index in [2.05, 4.69) is 0 Å². The van der Waals surface area contributed by atoms with Crippen LogP contribution < -0.4 is 9.83 Å². The molecule has 0 bridgehead atoms. The zero-order valence-corrected chi connectivity index (χ0v) is 14.0. The Morgan fingerprint density at radius 1 is 1.14 bits per heavy atom. The first-order valence-electron chi connectivity index (χ1n) is 6.70. The van der Waals surface area contributed by atoms with Crippen LogP contribution in [0.25, 0.3) is 0 Å². The largest absolute Gasteiger partial charge is 0.440 e. The zero-order valence-electron chi connectivity index (χ0n) is 12.3. The molecule has 5 nitrogen and oxygen atoms in total. The van der Waals surface area contributed by atoms with Crippen LogP contribution in [0.3, 0.4) is 0 Å². The van der Waals surface area contributed by atoms with Crippen LogP contribution in [0.4, 0.5) is 5.69 Å². The normalized spacial score (nSPS) is 13.4. The molecule has 0 radical (unpaired) electrons. The van der Waals surface area contributed by atoms with Gasteiger partial charge in [0, 0.05) is 17.4 Å². The Balaban J connectivity index is 2.29. The second-order valence-corrected chi connectivity index (χ2v) is 7.99. The third-order valence-electron chi connectivity index (χ3n) is 2.92. The lowest BCUT2D eigenvalue weighted by Gasteiger charge is -2.22. The first-order valence-corrected chi connectivity index (χ1v) is 9.34. The molecule has 1 unspecified atom stereocenters. The first-order chi connectivity index (χ1) is 10.4. The molecule has 22 heavy (non-hydrogen) atoms. The van der Waals surface area contributed by atoms with Gasteiger partial charge in [0.15, 0.2) is 0 Å². The number of hydrogen-bond donors (Lipinski definition) is 0. The Hall–Kier alpha value is -1.75. The Bertz CT molecular complexity index is 700. The molecule has 2 rings (SSSR count). The Labute approximate surface area is 134 Å². The van der Waals surface area contributed by atoms with Gasteiger partial charge in [0.25, 0.3) is 12.2 Å². The van der Waals surface area contributed by atoms with E-state index in [1.165, 1.54) is 24.3 Å². The van der Waals surface area contributed by atoms with Crippen LogP contribution in [0.2, 0.25) is 0 Å². The Morgan fingerprint density at radius 2 is 1.73 bits per heavy atom. The number of rotatable bonds is 6. The van der Waals surface area contributed by atoms with Crippen molar-refractivity contribution >= 4 is 29.3 Å². The average Bonchev–Trinajstić information content (AvgIpc) is 2.48. The SMILES string of the molecule is CCOP(=S)(Oc1ccc([N+](=O)[O-])cc1)c1ccc(C)cc1. The van der Waals surface area contributed by atoms with E-state index >= 15 is 0 Å². The number of hydrogen-bond acceptors (Lipinski definition) is 5. The molecule has 0 saturated heterocycles. The van der Waals surface area contributed by atoms with Crippen LogP contribution in [-0.4, -0.2) is 11.5 Å². The van der Waals surface area contributed by atoms with Gasteiger partial charge in [0.1, 0.15) is 5.75 Å². The predicted octanol–water partition coefficient (Wildman–Crippen LogP) is 3.95. The highest BCUT2D eigenvalue weighted by Crippen LogP contribution is 2.47. The van der Waals surface area contributed by atoms with E-state index in [9.17, 15) is 10.1 Å². The summed E-state index contributed by atoms with van der Waals surface area (Å²) >= 11 is 5.61. The maximum atomic E-state index is 10.7. The van der Waals surface area contributed by atoms with E-state index in [1.807, 2.05) is 38.1 Å². The zero-order chi connectivity index (χ0) is 16.2. The van der Waals surface area contributed by atoms with E-state index in [1.54, 1.807) is 0 Å². The summed E-state index contributed by atoms with van der Waals surface area (Å²) < 4.78 is 11.6. The quantitative estimate of drug-likeness (QED) is 0.454. The Kier molecular flexibility index (Phi) is 5.29. The number of benzene rings is 2. The fraction of sp³-hybridized carbons (Fsp3) is 0.200. The maximum Gasteiger partial charge on any atom is 0.269 e. The summed E-state index contributed by atoms with van der Waals surface area (Å²) in [7, 11) is 0. The molecule has 0 N–H and O–H groups in total. The topological polar surface area (TPSA) is 61.6 Å². The molecule has 0 spiro atoms. The summed E-state index contributed by atoms with van der Waals surface area (Å²) in [5.41, 5.74) is 1.13. The second kappa shape index (κ2) is 7.01. The van der Waals surface area contributed by atoms with Crippen LogP contribution in [0, 0.1) is 17.0 Å². The third kappa shape index (κ3) is 3.91. The van der Waals surface area contributed by atoms with Crippen molar-refractivity contribution in [3.8, 4) is 5.75 Å². The molecular formula is C15H16NO4PS. The molecule has 0 aliphatic heterocycles. The monoisotopic (exact) mass is 337 g/mol. The highest BCUT2D eigenvalue weighted by molar-refractivity contribution is 8.13. The second-order valence-electron chi connectivity index (χ2n) is 4.59. The molecule has 0 aliphatic carbocycles. The van der Waals surface area contributed by atoms with Gasteiger partial charge < -0.3 is 9.05 Å². The molecule has 0 aliphatic rings. The van der Waals surface area contributed by atoms with Crippen LogP contribution >= 0.6 is 6.49 Å². The lowest BCUT2D eigenvalue weighted by atomic mass is 10.2. The number of nitro benzene ring substituents is 1. The predicted molar refractivity (Wildman–Crippen MR) is 90.4 cm³/mol. The third-order valence-corrected chi connectivity index (χ3v) is 6.07. The van der Waals surface area contributed by atoms with Gasteiger partial charge >= 0.3 is 0 Å². The van der Waals surface area contributed by atoms with Crippen LogP contribution in [0.5, 0.6) is 5.75 Å². The lowest BCUT2D eigenvalue weighted by Crippen LogP contribution is -2.12. The minimum Gasteiger partial charge on any atom is -0.440 e. The van der Waals surface area contributed by atoms with Crippen molar-refractivity contribution in [1.82, 2.24) is 0 Å². The standard InChI is InChI=1S/C15H16NO4PS/c1-3-19-21(22,15-10-4-12(2)5-11-15)20-14-8-6-13(7-9-14)16(17)18/h4-11H,3H2,1-2H3. The molecule has 0 fully saturated rings. The summed E-state index contributed by atoms with van der Waals surface area (Å²) in [6, 6.07) is 13.5. The van der Waals surface area contributed by atoms with Crippen molar-refractivity contribution in [1.29, 1.82) is 0 Å². The first kappa shape index (κ1) is 16.6. The van der Waals surface area contributed by atoms with Crippen LogP contribution in [0.15, 0.2) is 48.5 Å². The van der Waals surface area contributed by atoms with Crippen molar-refractivity contribution in [2.24, 2.45) is 0 Å². The van der Waals surface area contributed by atoms with E-state index in [-0.39, 0.29) is 5.69 Å². The molecule has 1 atom stereocenters. The Morgan fingerprint density at radius 3 is 2.23 bits per heavy atom. The molecule has 7 heteroatoms. The summed E-state index contributed by atoms with van der Waals surface area (Å²) in [6.45, 7) is 1.59. The van der Waals surface area contributed by atoms with Crippen molar-refractivity contribution < 1.29 is 14.0 Å². The molecule has 0 heterocycles. The van der Waals surface area contributed by atoms with Gasteiger partial charge in [-0.1, -0.05) is 17.7 Å². The number of non-ortho nitro benzene ring substituents is 1. The van der Waals surface area contributed by atoms with Crippen LogP contribution in [-0.2, 0) is 16.3 Å². The summed E-state index contributed by atoms with van der Waals surface area (Å²) in [6.07, 6.45) is 0. The highest BCUT2D eigenvalue weighted by Gasteiger charge is 2.23. The minimum absolute atomic E-state index is 0.00685. The fourth-order valence-electron chi connectivity index (χ4n) is 1.82. The van der Waals surface area contributed by atoms with E-state index < -0.39 is 11.4 Å². The molecule has 116 valence electrons.